The summed E-state index contributed by atoms with van der Waals surface area (Å²) in [6.07, 6.45) is 2.52. The molecule has 1 unspecified atom stereocenters. The molecule has 92 valence electrons. The van der Waals surface area contributed by atoms with Gasteiger partial charge < -0.3 is 10.6 Å². The van der Waals surface area contributed by atoms with Crippen LogP contribution in [0.3, 0.4) is 0 Å². The maximum Gasteiger partial charge on any atom is 0.239 e. The standard InChI is InChI=1S/C13H18N2OS/c16-13(15-9-12-7-4-8-17-12)10-14-11-5-2-1-3-6-11/h1-3,5-6,12,14H,4,7-10H2,(H,15,16). The molecule has 1 aromatic rings. The molecule has 0 spiro atoms. The predicted molar refractivity (Wildman–Crippen MR) is 73.4 cm³/mol. The van der Waals surface area contributed by atoms with Crippen molar-refractivity contribution in [3.8, 4) is 0 Å². The molecule has 0 saturated carbocycles. The molecular weight excluding hydrogens is 232 g/mol. The Bertz CT molecular complexity index is 350. The number of carbonyl (C=O) groups is 1. The van der Waals surface area contributed by atoms with E-state index in [1.807, 2.05) is 42.1 Å². The molecule has 2 N–H and O–H groups in total. The average Bonchev–Trinajstić information content (AvgIpc) is 2.88. The summed E-state index contributed by atoms with van der Waals surface area (Å²) in [4.78, 5) is 11.6. The molecule has 0 radical (unpaired) electrons. The summed E-state index contributed by atoms with van der Waals surface area (Å²) < 4.78 is 0. The zero-order valence-electron chi connectivity index (χ0n) is 9.82. The lowest BCUT2D eigenvalue weighted by Crippen LogP contribution is -2.34. The Balaban J connectivity index is 1.64. The van der Waals surface area contributed by atoms with E-state index in [0.29, 0.717) is 11.8 Å². The Hall–Kier alpha value is -1.16. The second-order valence-electron chi connectivity index (χ2n) is 4.16. The molecule has 1 heterocycles. The Morgan fingerprint density at radius 3 is 2.88 bits per heavy atom. The highest BCUT2D eigenvalue weighted by atomic mass is 32.2. The van der Waals surface area contributed by atoms with Crippen molar-refractivity contribution in [2.45, 2.75) is 18.1 Å². The first-order valence-electron chi connectivity index (χ1n) is 6.02. The molecule has 3 nitrogen and oxygen atoms in total. The van der Waals surface area contributed by atoms with E-state index in [9.17, 15) is 4.79 Å². The number of thioether (sulfide) groups is 1. The summed E-state index contributed by atoms with van der Waals surface area (Å²) in [6, 6.07) is 9.79. The number of nitrogens with one attached hydrogen (secondary N) is 2. The molecule has 1 atom stereocenters. The van der Waals surface area contributed by atoms with Crippen LogP contribution in [-0.4, -0.2) is 30.0 Å². The van der Waals surface area contributed by atoms with Gasteiger partial charge in [0.1, 0.15) is 0 Å². The van der Waals surface area contributed by atoms with Gasteiger partial charge in [0.15, 0.2) is 0 Å². The minimum Gasteiger partial charge on any atom is -0.376 e. The van der Waals surface area contributed by atoms with Crippen LogP contribution in [0.15, 0.2) is 30.3 Å². The van der Waals surface area contributed by atoms with Gasteiger partial charge in [-0.25, -0.2) is 0 Å². The van der Waals surface area contributed by atoms with Crippen molar-refractivity contribution in [2.75, 3.05) is 24.2 Å². The zero-order chi connectivity index (χ0) is 11.9. The van der Waals surface area contributed by atoms with Crippen LogP contribution in [0, 0.1) is 0 Å². The lowest BCUT2D eigenvalue weighted by Gasteiger charge is -2.11. The molecule has 4 heteroatoms. The monoisotopic (exact) mass is 250 g/mol. The fourth-order valence-electron chi connectivity index (χ4n) is 1.83. The Kier molecular flexibility index (Phi) is 4.74. The number of carbonyl (C=O) groups excluding carboxylic acids is 1. The third kappa shape index (κ3) is 4.30. The van der Waals surface area contributed by atoms with Gasteiger partial charge in [0.25, 0.3) is 0 Å². The van der Waals surface area contributed by atoms with Crippen molar-refractivity contribution in [1.82, 2.24) is 5.32 Å². The molecule has 17 heavy (non-hydrogen) atoms. The van der Waals surface area contributed by atoms with Crippen LogP contribution in [0.2, 0.25) is 0 Å². The zero-order valence-corrected chi connectivity index (χ0v) is 10.6. The highest BCUT2D eigenvalue weighted by molar-refractivity contribution is 8.00. The van der Waals surface area contributed by atoms with Gasteiger partial charge in [0, 0.05) is 17.5 Å². The fourth-order valence-corrected chi connectivity index (χ4v) is 3.04. The Morgan fingerprint density at radius 2 is 2.18 bits per heavy atom. The molecule has 0 aliphatic carbocycles. The minimum atomic E-state index is 0.0707. The van der Waals surface area contributed by atoms with Gasteiger partial charge in [-0.3, -0.25) is 4.79 Å². The van der Waals surface area contributed by atoms with Crippen molar-refractivity contribution in [3.05, 3.63) is 30.3 Å². The van der Waals surface area contributed by atoms with Crippen LogP contribution < -0.4 is 10.6 Å². The first kappa shape index (κ1) is 12.3. The number of para-hydroxylation sites is 1. The fraction of sp³-hybridized carbons (Fsp3) is 0.462. The average molecular weight is 250 g/mol. The molecule has 1 aliphatic heterocycles. The SMILES string of the molecule is O=C(CNc1ccccc1)NCC1CCCS1. The molecule has 1 saturated heterocycles. The van der Waals surface area contributed by atoms with E-state index in [1.165, 1.54) is 18.6 Å². The van der Waals surface area contributed by atoms with Crippen LogP contribution in [0.4, 0.5) is 5.69 Å². The van der Waals surface area contributed by atoms with Crippen molar-refractivity contribution >= 4 is 23.4 Å². The third-order valence-corrected chi connectivity index (χ3v) is 4.18. The van der Waals surface area contributed by atoms with Crippen LogP contribution in [0.25, 0.3) is 0 Å². The normalized spacial score (nSPS) is 18.9. The molecular formula is C13H18N2OS. The molecule has 0 bridgehead atoms. The molecule has 1 aromatic carbocycles. The van der Waals surface area contributed by atoms with Crippen molar-refractivity contribution in [1.29, 1.82) is 0 Å². The third-order valence-electron chi connectivity index (χ3n) is 2.78. The van der Waals surface area contributed by atoms with Gasteiger partial charge in [0.05, 0.1) is 6.54 Å². The van der Waals surface area contributed by atoms with Gasteiger partial charge in [0.2, 0.25) is 5.91 Å². The van der Waals surface area contributed by atoms with E-state index >= 15 is 0 Å². The van der Waals surface area contributed by atoms with Crippen LogP contribution in [0.1, 0.15) is 12.8 Å². The summed E-state index contributed by atoms with van der Waals surface area (Å²) in [7, 11) is 0. The Labute approximate surface area is 106 Å². The maximum absolute atomic E-state index is 11.6. The predicted octanol–water partition coefficient (Wildman–Crippen LogP) is 2.11. The summed E-state index contributed by atoms with van der Waals surface area (Å²) in [5.41, 5.74) is 0.984. The van der Waals surface area contributed by atoms with Gasteiger partial charge in [-0.05, 0) is 30.7 Å². The van der Waals surface area contributed by atoms with Crippen LogP contribution in [-0.2, 0) is 4.79 Å². The lowest BCUT2D eigenvalue weighted by atomic mass is 10.2. The smallest absolute Gasteiger partial charge is 0.239 e. The highest BCUT2D eigenvalue weighted by Crippen LogP contribution is 2.25. The molecule has 1 fully saturated rings. The number of hydrogen-bond donors (Lipinski definition) is 2. The summed E-state index contributed by atoms with van der Waals surface area (Å²) in [5.74, 6) is 1.31. The van der Waals surface area contributed by atoms with Gasteiger partial charge in [-0.15, -0.1) is 0 Å². The summed E-state index contributed by atoms with van der Waals surface area (Å²) in [5, 5.41) is 6.69. The Morgan fingerprint density at radius 1 is 1.35 bits per heavy atom. The van der Waals surface area contributed by atoms with E-state index in [2.05, 4.69) is 10.6 Å². The molecule has 1 amide bonds. The van der Waals surface area contributed by atoms with Gasteiger partial charge >= 0.3 is 0 Å². The number of benzene rings is 1. The number of rotatable bonds is 5. The van der Waals surface area contributed by atoms with Crippen molar-refractivity contribution < 1.29 is 4.79 Å². The summed E-state index contributed by atoms with van der Waals surface area (Å²) >= 11 is 1.96. The first-order chi connectivity index (χ1) is 8.34. The number of amides is 1. The van der Waals surface area contributed by atoms with E-state index < -0.39 is 0 Å². The molecule has 0 aromatic heterocycles. The highest BCUT2D eigenvalue weighted by Gasteiger charge is 2.15. The molecule has 1 aliphatic rings. The van der Waals surface area contributed by atoms with E-state index in [1.54, 1.807) is 0 Å². The van der Waals surface area contributed by atoms with Gasteiger partial charge in [-0.2, -0.15) is 11.8 Å². The van der Waals surface area contributed by atoms with E-state index in [-0.39, 0.29) is 5.91 Å². The first-order valence-corrected chi connectivity index (χ1v) is 7.07. The van der Waals surface area contributed by atoms with Gasteiger partial charge in [-0.1, -0.05) is 18.2 Å². The summed E-state index contributed by atoms with van der Waals surface area (Å²) in [6.45, 7) is 1.15. The largest absolute Gasteiger partial charge is 0.376 e. The van der Waals surface area contributed by atoms with E-state index in [0.717, 1.165) is 12.2 Å². The van der Waals surface area contributed by atoms with Crippen molar-refractivity contribution in [3.63, 3.8) is 0 Å². The second-order valence-corrected chi connectivity index (χ2v) is 5.57. The quantitative estimate of drug-likeness (QED) is 0.841. The lowest BCUT2D eigenvalue weighted by molar-refractivity contribution is -0.119. The topological polar surface area (TPSA) is 41.1 Å². The number of anilines is 1. The van der Waals surface area contributed by atoms with Crippen LogP contribution in [0.5, 0.6) is 0 Å². The maximum atomic E-state index is 11.6. The molecule has 2 rings (SSSR count). The minimum absolute atomic E-state index is 0.0707. The van der Waals surface area contributed by atoms with Crippen LogP contribution >= 0.6 is 11.8 Å². The second kappa shape index (κ2) is 6.55. The number of hydrogen-bond acceptors (Lipinski definition) is 3. The van der Waals surface area contributed by atoms with Crippen molar-refractivity contribution in [2.24, 2.45) is 0 Å². The van der Waals surface area contributed by atoms with E-state index in [4.69, 9.17) is 0 Å².